The van der Waals surface area contributed by atoms with E-state index >= 15 is 0 Å². The molecule has 0 saturated heterocycles. The first-order valence-electron chi connectivity index (χ1n) is 5.98. The fourth-order valence-corrected chi connectivity index (χ4v) is 1.66. The molecule has 0 atom stereocenters. The third-order valence-corrected chi connectivity index (χ3v) is 2.52. The molecule has 0 spiro atoms. The molecule has 0 aliphatic carbocycles. The van der Waals surface area contributed by atoms with E-state index in [2.05, 4.69) is 0 Å². The zero-order valence-corrected chi connectivity index (χ0v) is 10.6. The number of ether oxygens (including phenoxy) is 4. The summed E-state index contributed by atoms with van der Waals surface area (Å²) in [6, 6.07) is 3.48. The molecule has 0 aromatic heterocycles. The SMILES string of the molecule is CC(C)OCCOc1cc2c(cc1CO)OCO2. The Balaban J connectivity index is 1.98. The minimum Gasteiger partial charge on any atom is -0.491 e. The molecular weight excluding hydrogens is 236 g/mol. The fraction of sp³-hybridized carbons (Fsp3) is 0.538. The molecule has 0 unspecified atom stereocenters. The van der Waals surface area contributed by atoms with Gasteiger partial charge < -0.3 is 24.1 Å². The van der Waals surface area contributed by atoms with Crippen molar-refractivity contribution in [3.05, 3.63) is 17.7 Å². The van der Waals surface area contributed by atoms with Crippen molar-refractivity contribution in [3.8, 4) is 17.2 Å². The highest BCUT2D eigenvalue weighted by molar-refractivity contribution is 5.51. The van der Waals surface area contributed by atoms with E-state index in [1.165, 1.54) is 0 Å². The van der Waals surface area contributed by atoms with Gasteiger partial charge in [-0.05, 0) is 19.9 Å². The highest BCUT2D eigenvalue weighted by Gasteiger charge is 2.17. The third kappa shape index (κ3) is 3.05. The largest absolute Gasteiger partial charge is 0.491 e. The Morgan fingerprint density at radius 3 is 2.61 bits per heavy atom. The van der Waals surface area contributed by atoms with Crippen LogP contribution in [0.5, 0.6) is 17.2 Å². The van der Waals surface area contributed by atoms with E-state index in [1.54, 1.807) is 12.1 Å². The van der Waals surface area contributed by atoms with Crippen LogP contribution in [0.2, 0.25) is 0 Å². The highest BCUT2D eigenvalue weighted by atomic mass is 16.7. The lowest BCUT2D eigenvalue weighted by Gasteiger charge is -2.12. The van der Waals surface area contributed by atoms with Crippen molar-refractivity contribution in [1.29, 1.82) is 0 Å². The molecule has 0 bridgehead atoms. The van der Waals surface area contributed by atoms with Crippen LogP contribution >= 0.6 is 0 Å². The van der Waals surface area contributed by atoms with Gasteiger partial charge in [0.05, 0.1) is 19.3 Å². The first kappa shape index (κ1) is 13.0. The number of fused-ring (bicyclic) bond motifs is 1. The molecule has 0 radical (unpaired) electrons. The van der Waals surface area contributed by atoms with Crippen molar-refractivity contribution in [2.24, 2.45) is 0 Å². The summed E-state index contributed by atoms with van der Waals surface area (Å²) < 4.78 is 21.5. The van der Waals surface area contributed by atoms with Gasteiger partial charge in [0.1, 0.15) is 12.4 Å². The van der Waals surface area contributed by atoms with Crippen LogP contribution in [0.3, 0.4) is 0 Å². The smallest absolute Gasteiger partial charge is 0.231 e. The molecule has 100 valence electrons. The van der Waals surface area contributed by atoms with E-state index in [0.717, 1.165) is 0 Å². The standard InChI is InChI=1S/C13H18O5/c1-9(2)15-3-4-16-11-6-13-12(17-8-18-13)5-10(11)7-14/h5-6,9,14H,3-4,7-8H2,1-2H3. The maximum Gasteiger partial charge on any atom is 0.231 e. The molecule has 5 heteroatoms. The minimum atomic E-state index is -0.100. The molecule has 0 saturated carbocycles. The fourth-order valence-electron chi connectivity index (χ4n) is 1.66. The zero-order valence-electron chi connectivity index (χ0n) is 10.6. The average molecular weight is 254 g/mol. The van der Waals surface area contributed by atoms with Gasteiger partial charge in [-0.2, -0.15) is 0 Å². The maximum atomic E-state index is 9.29. The number of rotatable bonds is 6. The molecule has 0 fully saturated rings. The van der Waals surface area contributed by atoms with E-state index in [-0.39, 0.29) is 19.5 Å². The minimum absolute atomic E-state index is 0.100. The first-order valence-corrected chi connectivity index (χ1v) is 5.98. The van der Waals surface area contributed by atoms with Crippen LogP contribution < -0.4 is 14.2 Å². The summed E-state index contributed by atoms with van der Waals surface area (Å²) in [7, 11) is 0. The Morgan fingerprint density at radius 1 is 1.22 bits per heavy atom. The van der Waals surface area contributed by atoms with Crippen molar-refractivity contribution in [1.82, 2.24) is 0 Å². The van der Waals surface area contributed by atoms with Crippen molar-refractivity contribution < 1.29 is 24.1 Å². The van der Waals surface area contributed by atoms with E-state index < -0.39 is 0 Å². The molecule has 18 heavy (non-hydrogen) atoms. The van der Waals surface area contributed by atoms with Crippen LogP contribution in [0.25, 0.3) is 0 Å². The Hall–Kier alpha value is -1.46. The van der Waals surface area contributed by atoms with Crippen LogP contribution in [0, 0.1) is 0 Å². The van der Waals surface area contributed by atoms with Crippen LogP contribution in [-0.4, -0.2) is 31.2 Å². The molecular formula is C13H18O5. The lowest BCUT2D eigenvalue weighted by Crippen LogP contribution is -2.12. The van der Waals surface area contributed by atoms with Crippen molar-refractivity contribution in [3.63, 3.8) is 0 Å². The second-order valence-electron chi connectivity index (χ2n) is 4.24. The normalized spacial score (nSPS) is 13.1. The van der Waals surface area contributed by atoms with Crippen molar-refractivity contribution in [2.75, 3.05) is 20.0 Å². The summed E-state index contributed by atoms with van der Waals surface area (Å²) in [5.74, 6) is 1.89. The summed E-state index contributed by atoms with van der Waals surface area (Å²) in [6.07, 6.45) is 0.183. The average Bonchev–Trinajstić information content (AvgIpc) is 2.80. The van der Waals surface area contributed by atoms with Gasteiger partial charge in [0.25, 0.3) is 0 Å². The molecule has 1 aromatic rings. The zero-order chi connectivity index (χ0) is 13.0. The number of hydrogen-bond acceptors (Lipinski definition) is 5. The van der Waals surface area contributed by atoms with Gasteiger partial charge in [-0.25, -0.2) is 0 Å². The summed E-state index contributed by atoms with van der Waals surface area (Å²) >= 11 is 0. The summed E-state index contributed by atoms with van der Waals surface area (Å²) in [6.45, 7) is 5.00. The first-order chi connectivity index (χ1) is 8.70. The van der Waals surface area contributed by atoms with Gasteiger partial charge in [0.15, 0.2) is 11.5 Å². The number of aliphatic hydroxyl groups excluding tert-OH is 1. The lowest BCUT2D eigenvalue weighted by atomic mass is 10.2. The molecule has 2 rings (SSSR count). The monoisotopic (exact) mass is 254 g/mol. The van der Waals surface area contributed by atoms with Gasteiger partial charge in [-0.15, -0.1) is 0 Å². The number of aliphatic hydroxyl groups is 1. The van der Waals surface area contributed by atoms with E-state index in [0.29, 0.717) is 36.0 Å². The molecule has 1 aliphatic rings. The Morgan fingerprint density at radius 2 is 1.94 bits per heavy atom. The number of hydrogen-bond donors (Lipinski definition) is 1. The molecule has 5 nitrogen and oxygen atoms in total. The molecule has 1 aromatic carbocycles. The van der Waals surface area contributed by atoms with Crippen LogP contribution in [0.4, 0.5) is 0 Å². The predicted octanol–water partition coefficient (Wildman–Crippen LogP) is 1.71. The lowest BCUT2D eigenvalue weighted by molar-refractivity contribution is 0.0547. The maximum absolute atomic E-state index is 9.29. The summed E-state index contributed by atoms with van der Waals surface area (Å²) in [5, 5.41) is 9.29. The Bertz CT molecular complexity index is 403. The highest BCUT2D eigenvalue weighted by Crippen LogP contribution is 2.38. The van der Waals surface area contributed by atoms with Gasteiger partial charge in [-0.1, -0.05) is 0 Å². The third-order valence-electron chi connectivity index (χ3n) is 2.52. The second kappa shape index (κ2) is 5.93. The Labute approximate surface area is 106 Å². The van der Waals surface area contributed by atoms with Crippen LogP contribution in [-0.2, 0) is 11.3 Å². The van der Waals surface area contributed by atoms with E-state index in [1.807, 2.05) is 13.8 Å². The number of benzene rings is 1. The molecule has 1 N–H and O–H groups in total. The van der Waals surface area contributed by atoms with Gasteiger partial charge in [0.2, 0.25) is 6.79 Å². The summed E-state index contributed by atoms with van der Waals surface area (Å²) in [5.41, 5.74) is 0.684. The van der Waals surface area contributed by atoms with E-state index in [4.69, 9.17) is 18.9 Å². The Kier molecular flexibility index (Phi) is 4.28. The van der Waals surface area contributed by atoms with Gasteiger partial charge in [0, 0.05) is 11.6 Å². The van der Waals surface area contributed by atoms with E-state index in [9.17, 15) is 5.11 Å². The quantitative estimate of drug-likeness (QED) is 0.783. The molecule has 1 aliphatic heterocycles. The summed E-state index contributed by atoms with van der Waals surface area (Å²) in [4.78, 5) is 0. The topological polar surface area (TPSA) is 57.2 Å². The van der Waals surface area contributed by atoms with Gasteiger partial charge >= 0.3 is 0 Å². The molecule has 0 amide bonds. The van der Waals surface area contributed by atoms with Crippen molar-refractivity contribution >= 4 is 0 Å². The van der Waals surface area contributed by atoms with Gasteiger partial charge in [-0.3, -0.25) is 0 Å². The van der Waals surface area contributed by atoms with Crippen LogP contribution in [0.15, 0.2) is 12.1 Å². The molecule has 1 heterocycles. The van der Waals surface area contributed by atoms with Crippen LogP contribution in [0.1, 0.15) is 19.4 Å². The second-order valence-corrected chi connectivity index (χ2v) is 4.24. The van der Waals surface area contributed by atoms with Crippen molar-refractivity contribution in [2.45, 2.75) is 26.6 Å². The predicted molar refractivity (Wildman–Crippen MR) is 65.1 cm³/mol.